The molecule has 176 valence electrons. The predicted molar refractivity (Wildman–Crippen MR) is 139 cm³/mol. The van der Waals surface area contributed by atoms with E-state index in [0.717, 1.165) is 45.8 Å². The monoisotopic (exact) mass is 455 g/mol. The summed E-state index contributed by atoms with van der Waals surface area (Å²) in [5.41, 5.74) is 19.5. The number of nitrogens with zero attached hydrogens (tertiary/aromatic N) is 3. The van der Waals surface area contributed by atoms with Crippen molar-refractivity contribution in [3.63, 3.8) is 0 Å². The molecular formula is C28H33N5O. The van der Waals surface area contributed by atoms with Crippen LogP contribution in [0.2, 0.25) is 0 Å². The highest BCUT2D eigenvalue weighted by atomic mass is 16.5. The molecule has 4 N–H and O–H groups in total. The fraction of sp³-hybridized carbons (Fsp3) is 0.286. The maximum Gasteiger partial charge on any atom is 0.123 e. The van der Waals surface area contributed by atoms with Crippen molar-refractivity contribution in [1.82, 2.24) is 14.8 Å². The molecule has 2 aromatic carbocycles. The van der Waals surface area contributed by atoms with Gasteiger partial charge < -0.3 is 16.2 Å². The lowest BCUT2D eigenvalue weighted by Crippen LogP contribution is -2.13. The van der Waals surface area contributed by atoms with Gasteiger partial charge >= 0.3 is 0 Å². The largest absolute Gasteiger partial charge is 0.489 e. The number of ether oxygens (including phenoxy) is 1. The first-order valence-corrected chi connectivity index (χ1v) is 11.8. The number of nitrogen functional groups attached to an aromatic ring is 1. The number of anilines is 1. The number of hydrogen-bond acceptors (Lipinski definition) is 5. The van der Waals surface area contributed by atoms with Crippen LogP contribution in [0.3, 0.4) is 0 Å². The lowest BCUT2D eigenvalue weighted by Gasteiger charge is -2.11. The van der Waals surface area contributed by atoms with Crippen molar-refractivity contribution in [1.29, 1.82) is 0 Å². The van der Waals surface area contributed by atoms with Crippen molar-refractivity contribution in [2.75, 3.05) is 12.3 Å². The molecule has 0 saturated heterocycles. The summed E-state index contributed by atoms with van der Waals surface area (Å²) in [4.78, 5) is 4.13. The molecule has 0 atom stereocenters. The van der Waals surface area contributed by atoms with Crippen LogP contribution in [-0.4, -0.2) is 21.3 Å². The van der Waals surface area contributed by atoms with Crippen LogP contribution in [0.1, 0.15) is 43.5 Å². The van der Waals surface area contributed by atoms with E-state index in [1.165, 1.54) is 5.56 Å². The third kappa shape index (κ3) is 5.13. The number of benzene rings is 2. The van der Waals surface area contributed by atoms with Crippen LogP contribution in [0.25, 0.3) is 22.4 Å². The average molecular weight is 456 g/mol. The van der Waals surface area contributed by atoms with Crippen LogP contribution in [0.5, 0.6) is 5.75 Å². The summed E-state index contributed by atoms with van der Waals surface area (Å²) in [5, 5.41) is 4.90. The minimum atomic E-state index is 0.472. The Balaban J connectivity index is 1.61. The first kappa shape index (κ1) is 23.5. The van der Waals surface area contributed by atoms with Crippen LogP contribution >= 0.6 is 0 Å². The van der Waals surface area contributed by atoms with Gasteiger partial charge in [0.25, 0.3) is 0 Å². The second kappa shape index (κ2) is 10.5. The number of pyridine rings is 1. The first-order valence-electron chi connectivity index (χ1n) is 11.8. The van der Waals surface area contributed by atoms with Crippen LogP contribution in [-0.2, 0) is 19.6 Å². The summed E-state index contributed by atoms with van der Waals surface area (Å²) in [5.74, 6) is 1.83. The molecule has 0 aliphatic carbocycles. The predicted octanol–water partition coefficient (Wildman–Crippen LogP) is 5.42. The van der Waals surface area contributed by atoms with E-state index in [4.69, 9.17) is 21.3 Å². The van der Waals surface area contributed by atoms with E-state index < -0.39 is 0 Å². The molecule has 4 aromatic rings. The van der Waals surface area contributed by atoms with Gasteiger partial charge in [-0.2, -0.15) is 5.10 Å². The van der Waals surface area contributed by atoms with Crippen molar-refractivity contribution < 1.29 is 4.74 Å². The maximum absolute atomic E-state index is 6.05. The molecule has 0 unspecified atom stereocenters. The van der Waals surface area contributed by atoms with Gasteiger partial charge in [0.05, 0.1) is 6.54 Å². The van der Waals surface area contributed by atoms with Gasteiger partial charge in [-0.1, -0.05) is 57.2 Å². The molecule has 0 fully saturated rings. The van der Waals surface area contributed by atoms with Crippen LogP contribution in [0.4, 0.5) is 5.82 Å². The third-order valence-corrected chi connectivity index (χ3v) is 5.98. The topological polar surface area (TPSA) is 92.0 Å². The second-order valence-corrected chi connectivity index (χ2v) is 8.71. The summed E-state index contributed by atoms with van der Waals surface area (Å²) in [7, 11) is 0. The molecule has 34 heavy (non-hydrogen) atoms. The van der Waals surface area contributed by atoms with E-state index in [1.807, 2.05) is 28.9 Å². The molecule has 6 nitrogen and oxygen atoms in total. The lowest BCUT2D eigenvalue weighted by atomic mass is 9.98. The fourth-order valence-corrected chi connectivity index (χ4v) is 4.15. The summed E-state index contributed by atoms with van der Waals surface area (Å²) in [6.07, 6.45) is 2.56. The van der Waals surface area contributed by atoms with E-state index in [-0.39, 0.29) is 0 Å². The molecular weight excluding hydrogens is 422 g/mol. The van der Waals surface area contributed by atoms with E-state index in [1.54, 1.807) is 6.20 Å². The fourth-order valence-electron chi connectivity index (χ4n) is 4.15. The van der Waals surface area contributed by atoms with E-state index in [2.05, 4.69) is 62.2 Å². The molecule has 6 heteroatoms. The third-order valence-electron chi connectivity index (χ3n) is 5.98. The molecule has 0 radical (unpaired) electrons. The van der Waals surface area contributed by atoms with Crippen molar-refractivity contribution in [3.05, 3.63) is 83.7 Å². The summed E-state index contributed by atoms with van der Waals surface area (Å²) in [6, 6.07) is 20.6. The summed E-state index contributed by atoms with van der Waals surface area (Å²) >= 11 is 0. The molecule has 2 aromatic heterocycles. The Bertz CT molecular complexity index is 1230. The Kier molecular flexibility index (Phi) is 7.28. The Morgan fingerprint density at radius 1 is 0.971 bits per heavy atom. The van der Waals surface area contributed by atoms with E-state index >= 15 is 0 Å². The average Bonchev–Trinajstić information content (AvgIpc) is 3.22. The highest BCUT2D eigenvalue weighted by molar-refractivity contribution is 5.83. The van der Waals surface area contributed by atoms with Gasteiger partial charge in [-0.25, -0.2) is 4.98 Å². The number of rotatable bonds is 9. The van der Waals surface area contributed by atoms with Gasteiger partial charge in [0, 0.05) is 29.6 Å². The lowest BCUT2D eigenvalue weighted by molar-refractivity contribution is 0.306. The number of aromatic nitrogens is 3. The van der Waals surface area contributed by atoms with Gasteiger partial charge in [-0.3, -0.25) is 4.68 Å². The Hall–Kier alpha value is -3.64. The second-order valence-electron chi connectivity index (χ2n) is 8.71. The zero-order chi connectivity index (χ0) is 24.1. The molecule has 0 amide bonds. The molecule has 0 spiro atoms. The van der Waals surface area contributed by atoms with Crippen molar-refractivity contribution >= 4 is 5.82 Å². The minimum absolute atomic E-state index is 0.472. The minimum Gasteiger partial charge on any atom is -0.489 e. The normalized spacial score (nSPS) is 11.2. The van der Waals surface area contributed by atoms with E-state index in [0.29, 0.717) is 31.4 Å². The molecule has 0 aliphatic rings. The summed E-state index contributed by atoms with van der Waals surface area (Å²) < 4.78 is 8.06. The smallest absolute Gasteiger partial charge is 0.123 e. The highest BCUT2D eigenvalue weighted by Crippen LogP contribution is 2.36. The molecule has 0 saturated carbocycles. The van der Waals surface area contributed by atoms with Gasteiger partial charge in [0.15, 0.2) is 0 Å². The SMILES string of the molecule is CCc1c(-c2ccc(OCc3ccc(C(C)C)cc3)cc2)c(-c2ccnc(N)c2)nn1CCN. The Labute approximate surface area is 201 Å². The molecule has 0 aliphatic heterocycles. The van der Waals surface area contributed by atoms with Crippen molar-refractivity contribution in [3.8, 4) is 28.1 Å². The van der Waals surface area contributed by atoms with Gasteiger partial charge in [-0.05, 0) is 53.3 Å². The van der Waals surface area contributed by atoms with Gasteiger partial charge in [-0.15, -0.1) is 0 Å². The van der Waals surface area contributed by atoms with Crippen LogP contribution in [0, 0.1) is 0 Å². The van der Waals surface area contributed by atoms with Crippen molar-refractivity contribution in [2.45, 2.75) is 46.3 Å². The first-order chi connectivity index (χ1) is 16.5. The van der Waals surface area contributed by atoms with Gasteiger partial charge in [0.2, 0.25) is 0 Å². The Morgan fingerprint density at radius 2 is 1.71 bits per heavy atom. The molecule has 4 rings (SSSR count). The maximum atomic E-state index is 6.05. The van der Waals surface area contributed by atoms with Crippen molar-refractivity contribution in [2.24, 2.45) is 5.73 Å². The summed E-state index contributed by atoms with van der Waals surface area (Å²) in [6.45, 7) is 8.26. The zero-order valence-electron chi connectivity index (χ0n) is 20.2. The van der Waals surface area contributed by atoms with E-state index in [9.17, 15) is 0 Å². The van der Waals surface area contributed by atoms with Crippen LogP contribution in [0.15, 0.2) is 66.9 Å². The van der Waals surface area contributed by atoms with Gasteiger partial charge in [0.1, 0.15) is 23.9 Å². The highest BCUT2D eigenvalue weighted by Gasteiger charge is 2.20. The zero-order valence-corrected chi connectivity index (χ0v) is 20.2. The van der Waals surface area contributed by atoms with Crippen LogP contribution < -0.4 is 16.2 Å². The number of nitrogens with two attached hydrogens (primary N) is 2. The number of hydrogen-bond donors (Lipinski definition) is 2. The quantitative estimate of drug-likeness (QED) is 0.352. The molecule has 0 bridgehead atoms. The Morgan fingerprint density at radius 3 is 2.32 bits per heavy atom. The molecule has 2 heterocycles. The standard InChI is InChI=1S/C28H33N5O/c1-4-25-27(28(32-33(25)16-14-29)23-13-15-31-26(30)17-23)22-9-11-24(12-10-22)34-18-20-5-7-21(8-6-20)19(2)3/h5-13,15,17,19H,4,14,16,18,29H2,1-3H3,(H2,30,31).